The van der Waals surface area contributed by atoms with Gasteiger partial charge >= 0.3 is 0 Å². The van der Waals surface area contributed by atoms with E-state index < -0.39 is 0 Å². The molecule has 2 aliphatic rings. The van der Waals surface area contributed by atoms with Gasteiger partial charge in [-0.15, -0.1) is 0 Å². The first-order valence-corrected chi connectivity index (χ1v) is 8.64. The van der Waals surface area contributed by atoms with Crippen LogP contribution < -0.4 is 19.7 Å². The van der Waals surface area contributed by atoms with Gasteiger partial charge < -0.3 is 19.7 Å². The van der Waals surface area contributed by atoms with Crippen molar-refractivity contribution in [3.05, 3.63) is 23.8 Å². The first-order valence-electron chi connectivity index (χ1n) is 8.64. The molecule has 0 saturated carbocycles. The van der Waals surface area contributed by atoms with Gasteiger partial charge in [-0.1, -0.05) is 13.8 Å². The second-order valence-corrected chi connectivity index (χ2v) is 6.88. The summed E-state index contributed by atoms with van der Waals surface area (Å²) in [4.78, 5) is 13.5. The van der Waals surface area contributed by atoms with E-state index in [4.69, 9.17) is 9.47 Å². The molecule has 0 radical (unpaired) electrons. The number of hydrogen-bond acceptors (Lipinski definition) is 3. The molecule has 126 valence electrons. The molecule has 1 unspecified atom stereocenters. The summed E-state index contributed by atoms with van der Waals surface area (Å²) in [7, 11) is 0. The molecule has 1 amide bonds. The van der Waals surface area contributed by atoms with Crippen LogP contribution in [0.15, 0.2) is 18.2 Å². The lowest BCUT2D eigenvalue weighted by Gasteiger charge is -2.24. The van der Waals surface area contributed by atoms with Gasteiger partial charge in [-0.05, 0) is 24.1 Å². The zero-order chi connectivity index (χ0) is 16.2. The average Bonchev–Trinajstić information content (AvgIpc) is 3.00. The van der Waals surface area contributed by atoms with Crippen molar-refractivity contribution in [2.24, 2.45) is 5.92 Å². The Hall–Kier alpha value is -1.75. The molecule has 5 nitrogen and oxygen atoms in total. The van der Waals surface area contributed by atoms with Crippen LogP contribution in [0.3, 0.4) is 0 Å². The quantitative estimate of drug-likeness (QED) is 0.850. The van der Waals surface area contributed by atoms with Crippen LogP contribution in [-0.4, -0.2) is 38.8 Å². The SMILES string of the molecule is CC(C)CNC(=O)C[NH+]1CCC[C@H]1c1ccc2c(c1)OCCO2. The maximum atomic E-state index is 12.1. The third-order valence-corrected chi connectivity index (χ3v) is 4.55. The lowest BCUT2D eigenvalue weighted by atomic mass is 10.0. The zero-order valence-corrected chi connectivity index (χ0v) is 14.1. The number of nitrogens with one attached hydrogen (secondary N) is 2. The molecule has 5 heteroatoms. The highest BCUT2D eigenvalue weighted by molar-refractivity contribution is 5.76. The van der Waals surface area contributed by atoms with E-state index >= 15 is 0 Å². The molecule has 23 heavy (non-hydrogen) atoms. The molecule has 2 heterocycles. The van der Waals surface area contributed by atoms with Gasteiger partial charge in [0.15, 0.2) is 18.0 Å². The average molecular weight is 319 g/mol. The van der Waals surface area contributed by atoms with Gasteiger partial charge in [0.1, 0.15) is 19.3 Å². The molecule has 0 spiro atoms. The number of hydrogen-bond donors (Lipinski definition) is 2. The van der Waals surface area contributed by atoms with E-state index in [9.17, 15) is 4.79 Å². The van der Waals surface area contributed by atoms with Crippen molar-refractivity contribution in [3.8, 4) is 11.5 Å². The molecule has 0 aliphatic carbocycles. The summed E-state index contributed by atoms with van der Waals surface area (Å²) in [6.07, 6.45) is 2.28. The first-order chi connectivity index (χ1) is 11.1. The molecule has 3 rings (SSSR count). The molecule has 1 aromatic carbocycles. The minimum absolute atomic E-state index is 0.151. The molecule has 2 atom stereocenters. The number of fused-ring (bicyclic) bond motifs is 1. The Labute approximate surface area is 137 Å². The molecular formula is C18H27N2O3+. The summed E-state index contributed by atoms with van der Waals surface area (Å²) < 4.78 is 11.3. The maximum Gasteiger partial charge on any atom is 0.275 e. The van der Waals surface area contributed by atoms with Crippen molar-refractivity contribution in [2.75, 3.05) is 32.8 Å². The number of rotatable bonds is 5. The number of ether oxygens (including phenoxy) is 2. The van der Waals surface area contributed by atoms with Crippen LogP contribution in [0, 0.1) is 5.92 Å². The third-order valence-electron chi connectivity index (χ3n) is 4.55. The summed E-state index contributed by atoms with van der Waals surface area (Å²) in [6.45, 7) is 7.79. The highest BCUT2D eigenvalue weighted by Gasteiger charge is 2.32. The number of carbonyl (C=O) groups is 1. The summed E-state index contributed by atoms with van der Waals surface area (Å²) in [5.41, 5.74) is 1.25. The van der Waals surface area contributed by atoms with Crippen molar-refractivity contribution in [2.45, 2.75) is 32.7 Å². The maximum absolute atomic E-state index is 12.1. The lowest BCUT2D eigenvalue weighted by Crippen LogP contribution is -3.11. The van der Waals surface area contributed by atoms with Gasteiger partial charge in [-0.25, -0.2) is 0 Å². The van der Waals surface area contributed by atoms with Crippen LogP contribution in [0.1, 0.15) is 38.3 Å². The molecular weight excluding hydrogens is 292 g/mol. The number of likely N-dealkylation sites (tertiary alicyclic amines) is 1. The van der Waals surface area contributed by atoms with Crippen LogP contribution >= 0.6 is 0 Å². The number of amides is 1. The van der Waals surface area contributed by atoms with E-state index in [1.807, 2.05) is 6.07 Å². The fourth-order valence-corrected chi connectivity index (χ4v) is 3.39. The predicted molar refractivity (Wildman–Crippen MR) is 88.0 cm³/mol. The Balaban J connectivity index is 1.65. The Kier molecular flexibility index (Phi) is 5.06. The third kappa shape index (κ3) is 3.96. The highest BCUT2D eigenvalue weighted by atomic mass is 16.6. The van der Waals surface area contributed by atoms with Crippen molar-refractivity contribution < 1.29 is 19.2 Å². The Morgan fingerprint density at radius 1 is 1.30 bits per heavy atom. The first kappa shape index (κ1) is 16.1. The number of quaternary nitrogens is 1. The smallest absolute Gasteiger partial charge is 0.275 e. The molecule has 1 fully saturated rings. The second kappa shape index (κ2) is 7.21. The summed E-state index contributed by atoms with van der Waals surface area (Å²) in [5.74, 6) is 2.30. The highest BCUT2D eigenvalue weighted by Crippen LogP contribution is 2.33. The normalized spacial score (nSPS) is 23.1. The molecule has 1 saturated heterocycles. The largest absolute Gasteiger partial charge is 0.486 e. The second-order valence-electron chi connectivity index (χ2n) is 6.88. The van der Waals surface area contributed by atoms with Gasteiger partial charge in [-0.2, -0.15) is 0 Å². The van der Waals surface area contributed by atoms with Crippen LogP contribution in [0.25, 0.3) is 0 Å². The van der Waals surface area contributed by atoms with Crippen molar-refractivity contribution in [3.63, 3.8) is 0 Å². The lowest BCUT2D eigenvalue weighted by molar-refractivity contribution is -0.910. The van der Waals surface area contributed by atoms with Gasteiger partial charge in [0.25, 0.3) is 5.91 Å². The number of benzene rings is 1. The van der Waals surface area contributed by atoms with Crippen LogP contribution in [0.4, 0.5) is 0 Å². The fourth-order valence-electron chi connectivity index (χ4n) is 3.39. The van der Waals surface area contributed by atoms with Gasteiger partial charge in [-0.3, -0.25) is 4.79 Å². The standard InChI is InChI=1S/C18H26N2O3/c1-13(2)11-19-18(21)12-20-7-3-4-15(20)14-5-6-16-17(10-14)23-9-8-22-16/h5-6,10,13,15H,3-4,7-9,11-12H2,1-2H3,(H,19,21)/p+1/t15-/m0/s1. The van der Waals surface area contributed by atoms with Gasteiger partial charge in [0, 0.05) is 24.9 Å². The zero-order valence-electron chi connectivity index (χ0n) is 14.1. The Morgan fingerprint density at radius 3 is 2.87 bits per heavy atom. The van der Waals surface area contributed by atoms with E-state index in [2.05, 4.69) is 31.3 Å². The van der Waals surface area contributed by atoms with E-state index in [0.717, 1.165) is 37.4 Å². The summed E-state index contributed by atoms with van der Waals surface area (Å²) >= 11 is 0. The summed E-state index contributed by atoms with van der Waals surface area (Å²) in [6, 6.07) is 6.58. The molecule has 2 aliphatic heterocycles. The van der Waals surface area contributed by atoms with Gasteiger partial charge in [0.05, 0.1) is 6.54 Å². The Morgan fingerprint density at radius 2 is 2.09 bits per heavy atom. The fraction of sp³-hybridized carbons (Fsp3) is 0.611. The van der Waals surface area contributed by atoms with Crippen LogP contribution in [0.5, 0.6) is 11.5 Å². The van der Waals surface area contributed by atoms with Crippen LogP contribution in [0.2, 0.25) is 0 Å². The molecule has 2 N–H and O–H groups in total. The minimum Gasteiger partial charge on any atom is -0.486 e. The van der Waals surface area contributed by atoms with E-state index in [1.165, 1.54) is 10.5 Å². The molecule has 0 aromatic heterocycles. The van der Waals surface area contributed by atoms with Gasteiger partial charge in [0.2, 0.25) is 0 Å². The predicted octanol–water partition coefficient (Wildman–Crippen LogP) is 0.950. The summed E-state index contributed by atoms with van der Waals surface area (Å²) in [5, 5.41) is 3.03. The van der Waals surface area contributed by atoms with Crippen molar-refractivity contribution in [1.82, 2.24) is 5.32 Å². The number of carbonyl (C=O) groups excluding carboxylic acids is 1. The Bertz CT molecular complexity index is 559. The van der Waals surface area contributed by atoms with Crippen molar-refractivity contribution in [1.29, 1.82) is 0 Å². The van der Waals surface area contributed by atoms with Crippen LogP contribution in [-0.2, 0) is 4.79 Å². The monoisotopic (exact) mass is 319 g/mol. The molecule has 0 bridgehead atoms. The molecule has 1 aromatic rings. The topological polar surface area (TPSA) is 52.0 Å². The van der Waals surface area contributed by atoms with E-state index in [-0.39, 0.29) is 5.91 Å². The minimum atomic E-state index is 0.151. The van der Waals surface area contributed by atoms with E-state index in [0.29, 0.717) is 31.7 Å². The van der Waals surface area contributed by atoms with E-state index in [1.54, 1.807) is 0 Å². The van der Waals surface area contributed by atoms with Crippen molar-refractivity contribution >= 4 is 5.91 Å².